The molecule has 3 N–H and O–H groups in total. The Morgan fingerprint density at radius 2 is 2.00 bits per heavy atom. The van der Waals surface area contributed by atoms with Gasteiger partial charge in [-0.2, -0.15) is 0 Å². The average molecular weight is 218 g/mol. The summed E-state index contributed by atoms with van der Waals surface area (Å²) < 4.78 is 5.59. The summed E-state index contributed by atoms with van der Waals surface area (Å²) in [4.78, 5) is 0. The lowest BCUT2D eigenvalue weighted by molar-refractivity contribution is 0.115. The molecule has 3 heteroatoms. The van der Waals surface area contributed by atoms with Gasteiger partial charge in [0.25, 0.3) is 0 Å². The molecule has 0 spiro atoms. The Kier molecular flexibility index (Phi) is 3.57. The van der Waals surface area contributed by atoms with E-state index in [4.69, 9.17) is 15.9 Å². The molecule has 1 aliphatic carbocycles. The van der Waals surface area contributed by atoms with Gasteiger partial charge in [0.2, 0.25) is 0 Å². The number of amidine groups is 1. The summed E-state index contributed by atoms with van der Waals surface area (Å²) in [5, 5.41) is 7.27. The van der Waals surface area contributed by atoms with Gasteiger partial charge >= 0.3 is 0 Å². The van der Waals surface area contributed by atoms with Crippen LogP contribution < -0.4 is 5.73 Å². The van der Waals surface area contributed by atoms with E-state index in [1.807, 2.05) is 24.3 Å². The maximum absolute atomic E-state index is 7.27. The van der Waals surface area contributed by atoms with Crippen molar-refractivity contribution in [2.24, 2.45) is 11.7 Å². The summed E-state index contributed by atoms with van der Waals surface area (Å²) in [7, 11) is 0. The molecule has 1 aromatic rings. The molecule has 2 rings (SSSR count). The highest BCUT2D eigenvalue weighted by Gasteiger charge is 2.20. The minimum atomic E-state index is 0.112. The van der Waals surface area contributed by atoms with Crippen LogP contribution >= 0.6 is 0 Å². The molecule has 0 radical (unpaired) electrons. The first-order valence-electron chi connectivity index (χ1n) is 5.77. The SMILES string of the molecule is N=C(N)c1ccc(COCCC2CC2)cc1. The van der Waals surface area contributed by atoms with Crippen LogP contribution in [-0.4, -0.2) is 12.4 Å². The van der Waals surface area contributed by atoms with E-state index in [1.165, 1.54) is 19.3 Å². The van der Waals surface area contributed by atoms with E-state index in [-0.39, 0.29) is 5.84 Å². The summed E-state index contributed by atoms with van der Waals surface area (Å²) in [6, 6.07) is 7.66. The summed E-state index contributed by atoms with van der Waals surface area (Å²) in [6.45, 7) is 1.52. The van der Waals surface area contributed by atoms with Crippen LogP contribution in [0, 0.1) is 11.3 Å². The summed E-state index contributed by atoms with van der Waals surface area (Å²) >= 11 is 0. The fourth-order valence-electron chi connectivity index (χ4n) is 1.63. The molecule has 0 unspecified atom stereocenters. The van der Waals surface area contributed by atoms with Crippen LogP contribution in [0.25, 0.3) is 0 Å². The topological polar surface area (TPSA) is 59.1 Å². The van der Waals surface area contributed by atoms with Gasteiger partial charge in [-0.1, -0.05) is 37.1 Å². The second-order valence-corrected chi connectivity index (χ2v) is 4.40. The van der Waals surface area contributed by atoms with Gasteiger partial charge < -0.3 is 10.5 Å². The highest BCUT2D eigenvalue weighted by molar-refractivity contribution is 5.94. The smallest absolute Gasteiger partial charge is 0.122 e. The third kappa shape index (κ3) is 3.35. The summed E-state index contributed by atoms with van der Waals surface area (Å²) in [5.41, 5.74) is 7.28. The van der Waals surface area contributed by atoms with Crippen molar-refractivity contribution in [1.29, 1.82) is 5.41 Å². The van der Waals surface area contributed by atoms with Crippen LogP contribution in [0.3, 0.4) is 0 Å². The zero-order valence-corrected chi connectivity index (χ0v) is 9.41. The predicted octanol–water partition coefficient (Wildman–Crippen LogP) is 2.29. The molecule has 1 fully saturated rings. The summed E-state index contributed by atoms with van der Waals surface area (Å²) in [5.74, 6) is 1.04. The maximum Gasteiger partial charge on any atom is 0.122 e. The molecule has 1 aromatic carbocycles. The monoisotopic (exact) mass is 218 g/mol. The van der Waals surface area contributed by atoms with Crippen LogP contribution in [0.4, 0.5) is 0 Å². The molecule has 16 heavy (non-hydrogen) atoms. The Morgan fingerprint density at radius 3 is 2.56 bits per heavy atom. The third-order valence-corrected chi connectivity index (χ3v) is 2.90. The fraction of sp³-hybridized carbons (Fsp3) is 0.462. The Hall–Kier alpha value is -1.35. The minimum absolute atomic E-state index is 0.112. The van der Waals surface area contributed by atoms with Crippen molar-refractivity contribution in [3.05, 3.63) is 35.4 Å². The number of ether oxygens (including phenoxy) is 1. The molecule has 0 heterocycles. The van der Waals surface area contributed by atoms with Gasteiger partial charge in [0.1, 0.15) is 5.84 Å². The van der Waals surface area contributed by atoms with Crippen molar-refractivity contribution in [3.63, 3.8) is 0 Å². The van der Waals surface area contributed by atoms with Gasteiger partial charge in [0.15, 0.2) is 0 Å². The van der Waals surface area contributed by atoms with Crippen LogP contribution in [-0.2, 0) is 11.3 Å². The number of hydrogen-bond acceptors (Lipinski definition) is 2. The second kappa shape index (κ2) is 5.12. The first-order chi connectivity index (χ1) is 7.75. The molecule has 0 amide bonds. The standard InChI is InChI=1S/C13H18N2O/c14-13(15)12-5-3-11(4-6-12)9-16-8-7-10-1-2-10/h3-6,10H,1-2,7-9H2,(H3,14,15). The fourth-order valence-corrected chi connectivity index (χ4v) is 1.63. The number of nitrogens with one attached hydrogen (secondary N) is 1. The van der Waals surface area contributed by atoms with Gasteiger partial charge in [-0.25, -0.2) is 0 Å². The molecule has 3 nitrogen and oxygen atoms in total. The van der Waals surface area contributed by atoms with Crippen molar-refractivity contribution in [1.82, 2.24) is 0 Å². The van der Waals surface area contributed by atoms with Crippen molar-refractivity contribution >= 4 is 5.84 Å². The molecule has 1 aliphatic rings. The van der Waals surface area contributed by atoms with E-state index in [2.05, 4.69) is 0 Å². The average Bonchev–Trinajstić information content (AvgIpc) is 3.09. The molecule has 86 valence electrons. The lowest BCUT2D eigenvalue weighted by Gasteiger charge is -2.04. The normalized spacial score (nSPS) is 15.0. The Balaban J connectivity index is 1.73. The van der Waals surface area contributed by atoms with Gasteiger partial charge in [0.05, 0.1) is 6.61 Å². The number of nitrogens with two attached hydrogens (primary N) is 1. The number of benzene rings is 1. The lowest BCUT2D eigenvalue weighted by Crippen LogP contribution is -2.10. The Bertz CT molecular complexity index is 355. The van der Waals surface area contributed by atoms with E-state index < -0.39 is 0 Å². The number of rotatable bonds is 6. The van der Waals surface area contributed by atoms with E-state index in [9.17, 15) is 0 Å². The van der Waals surface area contributed by atoms with Gasteiger partial charge in [-0.3, -0.25) is 5.41 Å². The largest absolute Gasteiger partial charge is 0.384 e. The Morgan fingerprint density at radius 1 is 1.31 bits per heavy atom. The molecular formula is C13H18N2O. The molecule has 1 saturated carbocycles. The van der Waals surface area contributed by atoms with Crippen molar-refractivity contribution < 1.29 is 4.74 Å². The summed E-state index contributed by atoms with van der Waals surface area (Å²) in [6.07, 6.45) is 3.97. The van der Waals surface area contributed by atoms with E-state index in [1.54, 1.807) is 0 Å². The van der Waals surface area contributed by atoms with Crippen LogP contribution in [0.1, 0.15) is 30.4 Å². The zero-order chi connectivity index (χ0) is 11.4. The van der Waals surface area contributed by atoms with E-state index in [0.29, 0.717) is 6.61 Å². The first kappa shape index (κ1) is 11.1. The number of hydrogen-bond donors (Lipinski definition) is 2. The van der Waals surface area contributed by atoms with Crippen molar-refractivity contribution in [3.8, 4) is 0 Å². The van der Waals surface area contributed by atoms with Crippen LogP contribution in [0.5, 0.6) is 0 Å². The molecule has 0 saturated heterocycles. The van der Waals surface area contributed by atoms with Crippen LogP contribution in [0.15, 0.2) is 24.3 Å². The van der Waals surface area contributed by atoms with Gasteiger partial charge in [0, 0.05) is 12.2 Å². The molecule has 0 aromatic heterocycles. The molecule has 0 aliphatic heterocycles. The van der Waals surface area contributed by atoms with Crippen molar-refractivity contribution in [2.75, 3.05) is 6.61 Å². The second-order valence-electron chi connectivity index (χ2n) is 4.40. The third-order valence-electron chi connectivity index (χ3n) is 2.90. The molecule has 0 atom stereocenters. The lowest BCUT2D eigenvalue weighted by atomic mass is 10.1. The van der Waals surface area contributed by atoms with Gasteiger partial charge in [-0.15, -0.1) is 0 Å². The number of nitrogen functional groups attached to an aromatic ring is 1. The van der Waals surface area contributed by atoms with Crippen molar-refractivity contribution in [2.45, 2.75) is 25.9 Å². The van der Waals surface area contributed by atoms with Gasteiger partial charge in [-0.05, 0) is 17.9 Å². The zero-order valence-electron chi connectivity index (χ0n) is 9.41. The predicted molar refractivity (Wildman–Crippen MR) is 64.5 cm³/mol. The quantitative estimate of drug-likeness (QED) is 0.437. The van der Waals surface area contributed by atoms with Crippen LogP contribution in [0.2, 0.25) is 0 Å². The first-order valence-corrected chi connectivity index (χ1v) is 5.77. The maximum atomic E-state index is 7.27. The van der Waals surface area contributed by atoms with E-state index >= 15 is 0 Å². The highest BCUT2D eigenvalue weighted by Crippen LogP contribution is 2.32. The minimum Gasteiger partial charge on any atom is -0.384 e. The molecular weight excluding hydrogens is 200 g/mol. The van der Waals surface area contributed by atoms with E-state index in [0.717, 1.165) is 23.7 Å². The Labute approximate surface area is 96.1 Å². The molecule has 0 bridgehead atoms. The highest BCUT2D eigenvalue weighted by atomic mass is 16.5.